The van der Waals surface area contributed by atoms with Gasteiger partial charge in [0.05, 0.1) is 23.0 Å². The quantitative estimate of drug-likeness (QED) is 0.417. The average Bonchev–Trinajstić information content (AvgIpc) is 2.96. The van der Waals surface area contributed by atoms with Crippen LogP contribution in [-0.2, 0) is 6.61 Å². The number of nitrogens with zero attached hydrogens (tertiary/aromatic N) is 4. The molecular formula is C18H17N5O3. The first-order chi connectivity index (χ1) is 12.5. The molecular weight excluding hydrogens is 334 g/mol. The van der Waals surface area contributed by atoms with Gasteiger partial charge in [-0.25, -0.2) is 9.66 Å². The van der Waals surface area contributed by atoms with E-state index in [0.717, 1.165) is 16.8 Å². The molecule has 0 fully saturated rings. The normalized spacial score (nSPS) is 11.0. The number of aryl methyl sites for hydroxylation is 1. The Labute approximate surface area is 149 Å². The van der Waals surface area contributed by atoms with Crippen molar-refractivity contribution in [1.29, 1.82) is 0 Å². The highest BCUT2D eigenvalue weighted by Gasteiger charge is 2.06. The van der Waals surface area contributed by atoms with Crippen LogP contribution < -0.4 is 10.5 Å². The van der Waals surface area contributed by atoms with Gasteiger partial charge in [0, 0.05) is 17.7 Å². The van der Waals surface area contributed by atoms with Crippen molar-refractivity contribution in [1.82, 2.24) is 9.66 Å². The summed E-state index contributed by atoms with van der Waals surface area (Å²) in [7, 11) is 0. The van der Waals surface area contributed by atoms with E-state index in [1.807, 2.05) is 31.2 Å². The molecule has 2 N–H and O–H groups in total. The van der Waals surface area contributed by atoms with Crippen molar-refractivity contribution in [2.24, 2.45) is 5.10 Å². The molecule has 1 heterocycles. The van der Waals surface area contributed by atoms with Crippen LogP contribution in [0.3, 0.4) is 0 Å². The highest BCUT2D eigenvalue weighted by Crippen LogP contribution is 2.19. The van der Waals surface area contributed by atoms with Gasteiger partial charge in [0.1, 0.15) is 12.4 Å². The zero-order valence-corrected chi connectivity index (χ0v) is 14.1. The van der Waals surface area contributed by atoms with Gasteiger partial charge in [-0.2, -0.15) is 5.10 Å². The molecule has 0 aliphatic carbocycles. The number of para-hydroxylation sites is 1. The maximum Gasteiger partial charge on any atom is 0.269 e. The van der Waals surface area contributed by atoms with Crippen molar-refractivity contribution in [2.45, 2.75) is 13.5 Å². The van der Waals surface area contributed by atoms with E-state index in [4.69, 9.17) is 10.5 Å². The second-order valence-corrected chi connectivity index (χ2v) is 5.58. The Hall–Kier alpha value is -3.68. The number of nitro groups is 1. The standard InChI is InChI=1S/C18H17N5O3/c1-13-11-22(18(19)21-13)20-10-15-4-2-3-5-17(15)26-12-14-6-8-16(9-7-14)23(24)25/h2-11H,12H2,1H3,(H2,19,21). The number of aromatic nitrogens is 2. The molecule has 0 saturated heterocycles. The lowest BCUT2D eigenvalue weighted by atomic mass is 10.2. The summed E-state index contributed by atoms with van der Waals surface area (Å²) in [4.78, 5) is 14.4. The zero-order valence-electron chi connectivity index (χ0n) is 14.1. The largest absolute Gasteiger partial charge is 0.488 e. The topological polar surface area (TPSA) is 109 Å². The molecule has 0 bridgehead atoms. The number of ether oxygens (including phenoxy) is 1. The molecule has 0 unspecified atom stereocenters. The third kappa shape index (κ3) is 4.04. The Bertz CT molecular complexity index is 948. The number of anilines is 1. The van der Waals surface area contributed by atoms with Crippen molar-refractivity contribution >= 4 is 17.9 Å². The van der Waals surface area contributed by atoms with Gasteiger partial charge in [0.25, 0.3) is 5.69 Å². The number of imidazole rings is 1. The maximum absolute atomic E-state index is 10.7. The number of nitrogen functional groups attached to an aromatic ring is 1. The first-order valence-corrected chi connectivity index (χ1v) is 7.84. The van der Waals surface area contributed by atoms with Gasteiger partial charge in [-0.3, -0.25) is 10.1 Å². The molecule has 26 heavy (non-hydrogen) atoms. The van der Waals surface area contributed by atoms with E-state index in [-0.39, 0.29) is 12.3 Å². The lowest BCUT2D eigenvalue weighted by Crippen LogP contribution is -2.00. The molecule has 8 nitrogen and oxygen atoms in total. The second kappa shape index (κ2) is 7.47. The number of nitrogens with two attached hydrogens (primary N) is 1. The van der Waals surface area contributed by atoms with E-state index in [1.165, 1.54) is 16.8 Å². The molecule has 0 saturated carbocycles. The van der Waals surface area contributed by atoms with Crippen LogP contribution in [0.2, 0.25) is 0 Å². The minimum atomic E-state index is -0.431. The minimum absolute atomic E-state index is 0.0505. The summed E-state index contributed by atoms with van der Waals surface area (Å²) in [6.45, 7) is 2.12. The van der Waals surface area contributed by atoms with Gasteiger partial charge in [0.15, 0.2) is 0 Å². The van der Waals surface area contributed by atoms with Gasteiger partial charge < -0.3 is 10.5 Å². The number of hydrogen-bond acceptors (Lipinski definition) is 6. The molecule has 132 valence electrons. The monoisotopic (exact) mass is 351 g/mol. The average molecular weight is 351 g/mol. The van der Waals surface area contributed by atoms with Crippen molar-refractivity contribution in [3.05, 3.63) is 81.7 Å². The van der Waals surface area contributed by atoms with Crippen molar-refractivity contribution < 1.29 is 9.66 Å². The Morgan fingerprint density at radius 1 is 1.27 bits per heavy atom. The first-order valence-electron chi connectivity index (χ1n) is 7.84. The van der Waals surface area contributed by atoms with Gasteiger partial charge in [-0.15, -0.1) is 0 Å². The van der Waals surface area contributed by atoms with Gasteiger partial charge in [-0.1, -0.05) is 12.1 Å². The number of hydrogen-bond donors (Lipinski definition) is 1. The number of rotatable bonds is 6. The van der Waals surface area contributed by atoms with E-state index >= 15 is 0 Å². The summed E-state index contributed by atoms with van der Waals surface area (Å²) in [6, 6.07) is 13.7. The van der Waals surface area contributed by atoms with Crippen LogP contribution in [0.1, 0.15) is 16.8 Å². The summed E-state index contributed by atoms with van der Waals surface area (Å²) in [5.41, 5.74) is 8.21. The van der Waals surface area contributed by atoms with E-state index in [1.54, 1.807) is 24.5 Å². The number of benzene rings is 2. The molecule has 0 aliphatic rings. The maximum atomic E-state index is 10.7. The minimum Gasteiger partial charge on any atom is -0.488 e. The number of nitro benzene ring substituents is 1. The predicted molar refractivity (Wildman–Crippen MR) is 98.2 cm³/mol. The molecule has 8 heteroatoms. The smallest absolute Gasteiger partial charge is 0.269 e. The molecule has 0 radical (unpaired) electrons. The lowest BCUT2D eigenvalue weighted by molar-refractivity contribution is -0.384. The van der Waals surface area contributed by atoms with Crippen LogP contribution in [0.4, 0.5) is 11.6 Å². The third-order valence-corrected chi connectivity index (χ3v) is 3.62. The Kier molecular flexibility index (Phi) is 4.93. The summed E-state index contributed by atoms with van der Waals surface area (Å²) >= 11 is 0. The van der Waals surface area contributed by atoms with Gasteiger partial charge in [-0.05, 0) is 36.8 Å². The Morgan fingerprint density at radius 2 is 2.00 bits per heavy atom. The summed E-state index contributed by atoms with van der Waals surface area (Å²) < 4.78 is 7.32. The van der Waals surface area contributed by atoms with Crippen molar-refractivity contribution in [3.63, 3.8) is 0 Å². The summed E-state index contributed by atoms with van der Waals surface area (Å²) in [6.07, 6.45) is 3.37. The fourth-order valence-electron chi connectivity index (χ4n) is 2.31. The van der Waals surface area contributed by atoms with E-state index in [2.05, 4.69) is 10.1 Å². The molecule has 0 aliphatic heterocycles. The molecule has 0 amide bonds. The van der Waals surface area contributed by atoms with Gasteiger partial charge >= 0.3 is 0 Å². The zero-order chi connectivity index (χ0) is 18.5. The predicted octanol–water partition coefficient (Wildman–Crippen LogP) is 3.14. The van der Waals surface area contributed by atoms with Crippen LogP contribution >= 0.6 is 0 Å². The van der Waals surface area contributed by atoms with E-state index in [9.17, 15) is 10.1 Å². The highest BCUT2D eigenvalue weighted by molar-refractivity contribution is 5.83. The lowest BCUT2D eigenvalue weighted by Gasteiger charge is -2.09. The van der Waals surface area contributed by atoms with Gasteiger partial charge in [0.2, 0.25) is 5.95 Å². The fraction of sp³-hybridized carbons (Fsp3) is 0.111. The Morgan fingerprint density at radius 3 is 2.65 bits per heavy atom. The first kappa shape index (κ1) is 17.2. The highest BCUT2D eigenvalue weighted by atomic mass is 16.6. The summed E-state index contributed by atoms with van der Waals surface area (Å²) in [5.74, 6) is 0.952. The SMILES string of the molecule is Cc1cn(N=Cc2ccccc2OCc2ccc([N+](=O)[O-])cc2)c(N)n1. The van der Waals surface area contributed by atoms with E-state index in [0.29, 0.717) is 11.7 Å². The van der Waals surface area contributed by atoms with Crippen molar-refractivity contribution in [3.8, 4) is 5.75 Å². The fourth-order valence-corrected chi connectivity index (χ4v) is 2.31. The van der Waals surface area contributed by atoms with E-state index < -0.39 is 4.92 Å². The van der Waals surface area contributed by atoms with Crippen LogP contribution in [0.25, 0.3) is 0 Å². The molecule has 3 rings (SSSR count). The molecule has 3 aromatic rings. The third-order valence-electron chi connectivity index (χ3n) is 3.62. The molecule has 2 aromatic carbocycles. The summed E-state index contributed by atoms with van der Waals surface area (Å²) in [5, 5.41) is 15.0. The second-order valence-electron chi connectivity index (χ2n) is 5.58. The van der Waals surface area contributed by atoms with Crippen LogP contribution in [0, 0.1) is 17.0 Å². The molecule has 0 atom stereocenters. The van der Waals surface area contributed by atoms with Crippen LogP contribution in [0.5, 0.6) is 5.75 Å². The Balaban J connectivity index is 1.73. The van der Waals surface area contributed by atoms with Crippen LogP contribution in [0.15, 0.2) is 59.8 Å². The van der Waals surface area contributed by atoms with Crippen molar-refractivity contribution in [2.75, 3.05) is 5.73 Å². The van der Waals surface area contributed by atoms with Crippen LogP contribution in [-0.4, -0.2) is 20.8 Å². The molecule has 1 aromatic heterocycles. The molecule has 0 spiro atoms. The number of non-ortho nitro benzene ring substituents is 1.